The van der Waals surface area contributed by atoms with Gasteiger partial charge in [-0.25, -0.2) is 4.79 Å². The van der Waals surface area contributed by atoms with E-state index < -0.39 is 17.9 Å². The topological polar surface area (TPSA) is 90.7 Å². The lowest BCUT2D eigenvalue weighted by molar-refractivity contribution is -0.148. The highest BCUT2D eigenvalue weighted by Gasteiger charge is 2.33. The van der Waals surface area contributed by atoms with Gasteiger partial charge in [-0.1, -0.05) is 0 Å². The summed E-state index contributed by atoms with van der Waals surface area (Å²) in [5.74, 6) is -1.19. The molecule has 3 N–H and O–H groups in total. The fraction of sp³-hybridized carbons (Fsp3) is 0.818. The van der Waals surface area contributed by atoms with Crippen molar-refractivity contribution in [1.82, 2.24) is 5.32 Å². The molecule has 0 bridgehead atoms. The quantitative estimate of drug-likeness (QED) is 0.517. The molecule has 0 aliphatic carbocycles. The SMILES string of the molecule is CCOC(=O)C(N)C(=O)NC1(C)CCOCC1. The first-order chi connectivity index (χ1) is 7.98. The van der Waals surface area contributed by atoms with E-state index >= 15 is 0 Å². The minimum Gasteiger partial charge on any atom is -0.464 e. The van der Waals surface area contributed by atoms with E-state index in [9.17, 15) is 9.59 Å². The van der Waals surface area contributed by atoms with Gasteiger partial charge in [-0.2, -0.15) is 0 Å². The average Bonchev–Trinajstić information content (AvgIpc) is 2.28. The van der Waals surface area contributed by atoms with Gasteiger partial charge in [0.05, 0.1) is 6.61 Å². The Morgan fingerprint density at radius 2 is 2.06 bits per heavy atom. The van der Waals surface area contributed by atoms with Crippen molar-refractivity contribution in [1.29, 1.82) is 0 Å². The molecule has 1 aliphatic rings. The highest BCUT2D eigenvalue weighted by Crippen LogP contribution is 2.19. The molecule has 1 fully saturated rings. The van der Waals surface area contributed by atoms with Crippen LogP contribution in [0.5, 0.6) is 0 Å². The minimum absolute atomic E-state index is 0.213. The van der Waals surface area contributed by atoms with Crippen molar-refractivity contribution in [3.63, 3.8) is 0 Å². The zero-order valence-corrected chi connectivity index (χ0v) is 10.3. The van der Waals surface area contributed by atoms with E-state index in [2.05, 4.69) is 5.32 Å². The number of hydrogen-bond donors (Lipinski definition) is 2. The summed E-state index contributed by atoms with van der Waals surface area (Å²) in [6.45, 7) is 5.01. The third-order valence-electron chi connectivity index (χ3n) is 2.84. The second-order valence-corrected chi connectivity index (χ2v) is 4.39. The van der Waals surface area contributed by atoms with E-state index in [4.69, 9.17) is 15.2 Å². The maximum atomic E-state index is 11.8. The molecule has 1 heterocycles. The fourth-order valence-electron chi connectivity index (χ4n) is 1.66. The zero-order chi connectivity index (χ0) is 12.9. The smallest absolute Gasteiger partial charge is 0.332 e. The van der Waals surface area contributed by atoms with E-state index in [0.717, 1.165) is 0 Å². The molecule has 17 heavy (non-hydrogen) atoms. The van der Waals surface area contributed by atoms with Crippen LogP contribution in [0.1, 0.15) is 26.7 Å². The van der Waals surface area contributed by atoms with Gasteiger partial charge in [0.25, 0.3) is 0 Å². The molecular weight excluding hydrogens is 224 g/mol. The number of rotatable bonds is 4. The van der Waals surface area contributed by atoms with Gasteiger partial charge in [0.15, 0.2) is 6.04 Å². The van der Waals surface area contributed by atoms with Gasteiger partial charge in [-0.15, -0.1) is 0 Å². The molecule has 0 aromatic heterocycles. The van der Waals surface area contributed by atoms with Crippen LogP contribution in [0, 0.1) is 0 Å². The Balaban J connectivity index is 2.49. The number of carbonyl (C=O) groups excluding carboxylic acids is 2. The van der Waals surface area contributed by atoms with Gasteiger partial charge in [-0.3, -0.25) is 4.79 Å². The van der Waals surface area contributed by atoms with E-state index in [-0.39, 0.29) is 12.1 Å². The molecule has 1 aliphatic heterocycles. The molecule has 0 spiro atoms. The molecule has 6 heteroatoms. The molecule has 1 rings (SSSR count). The van der Waals surface area contributed by atoms with Crippen molar-refractivity contribution >= 4 is 11.9 Å². The number of nitrogens with two attached hydrogens (primary N) is 1. The van der Waals surface area contributed by atoms with Crippen LogP contribution in [-0.4, -0.2) is 43.3 Å². The molecule has 0 aromatic carbocycles. The van der Waals surface area contributed by atoms with E-state index in [1.54, 1.807) is 6.92 Å². The summed E-state index contributed by atoms with van der Waals surface area (Å²) in [5, 5.41) is 2.79. The number of esters is 1. The number of ether oxygens (including phenoxy) is 2. The fourth-order valence-corrected chi connectivity index (χ4v) is 1.66. The summed E-state index contributed by atoms with van der Waals surface area (Å²) < 4.78 is 9.92. The van der Waals surface area contributed by atoms with Gasteiger partial charge in [-0.05, 0) is 26.7 Å². The lowest BCUT2D eigenvalue weighted by Crippen LogP contribution is -2.56. The van der Waals surface area contributed by atoms with Gasteiger partial charge in [0.2, 0.25) is 5.91 Å². The van der Waals surface area contributed by atoms with Crippen LogP contribution in [0.25, 0.3) is 0 Å². The van der Waals surface area contributed by atoms with E-state index in [1.807, 2.05) is 6.92 Å². The Labute approximate surface area is 101 Å². The molecule has 0 aromatic rings. The summed E-state index contributed by atoms with van der Waals surface area (Å²) in [6.07, 6.45) is 1.43. The predicted octanol–water partition coefficient (Wildman–Crippen LogP) is -0.438. The summed E-state index contributed by atoms with van der Waals surface area (Å²) in [6, 6.07) is -1.25. The summed E-state index contributed by atoms with van der Waals surface area (Å²) in [4.78, 5) is 23.1. The zero-order valence-electron chi connectivity index (χ0n) is 10.3. The Bertz CT molecular complexity index is 287. The van der Waals surface area contributed by atoms with Crippen LogP contribution >= 0.6 is 0 Å². The van der Waals surface area contributed by atoms with Gasteiger partial charge >= 0.3 is 5.97 Å². The van der Waals surface area contributed by atoms with Crippen molar-refractivity contribution in [2.45, 2.75) is 38.3 Å². The van der Waals surface area contributed by atoms with Crippen molar-refractivity contribution in [2.24, 2.45) is 5.73 Å². The molecule has 0 radical (unpaired) electrons. The number of amides is 1. The maximum absolute atomic E-state index is 11.8. The highest BCUT2D eigenvalue weighted by atomic mass is 16.5. The molecule has 98 valence electrons. The van der Waals surface area contributed by atoms with E-state index in [1.165, 1.54) is 0 Å². The van der Waals surface area contributed by atoms with Crippen molar-refractivity contribution < 1.29 is 19.1 Å². The summed E-state index contributed by atoms with van der Waals surface area (Å²) >= 11 is 0. The first-order valence-corrected chi connectivity index (χ1v) is 5.80. The average molecular weight is 244 g/mol. The molecule has 1 saturated heterocycles. The van der Waals surface area contributed by atoms with Crippen LogP contribution in [0.4, 0.5) is 0 Å². The lowest BCUT2D eigenvalue weighted by Gasteiger charge is -2.35. The number of nitrogens with one attached hydrogen (secondary N) is 1. The monoisotopic (exact) mass is 244 g/mol. The van der Waals surface area contributed by atoms with Crippen LogP contribution in [0.15, 0.2) is 0 Å². The first kappa shape index (κ1) is 13.9. The molecule has 1 amide bonds. The molecule has 0 saturated carbocycles. The first-order valence-electron chi connectivity index (χ1n) is 5.80. The Kier molecular flexibility index (Phi) is 4.89. The van der Waals surface area contributed by atoms with Gasteiger partial charge < -0.3 is 20.5 Å². The number of carbonyl (C=O) groups is 2. The maximum Gasteiger partial charge on any atom is 0.332 e. The normalized spacial score (nSPS) is 20.4. The minimum atomic E-state index is -1.25. The molecule has 1 unspecified atom stereocenters. The summed E-state index contributed by atoms with van der Waals surface area (Å²) in [5.41, 5.74) is 5.16. The third-order valence-corrected chi connectivity index (χ3v) is 2.84. The lowest BCUT2D eigenvalue weighted by atomic mass is 9.92. The largest absolute Gasteiger partial charge is 0.464 e. The van der Waals surface area contributed by atoms with Crippen molar-refractivity contribution in [3.05, 3.63) is 0 Å². The number of hydrogen-bond acceptors (Lipinski definition) is 5. The Morgan fingerprint density at radius 1 is 1.47 bits per heavy atom. The summed E-state index contributed by atoms with van der Waals surface area (Å²) in [7, 11) is 0. The Morgan fingerprint density at radius 3 is 2.59 bits per heavy atom. The Hall–Kier alpha value is -1.14. The third kappa shape index (κ3) is 3.98. The molecular formula is C11H20N2O4. The van der Waals surface area contributed by atoms with Crippen LogP contribution in [0.2, 0.25) is 0 Å². The van der Waals surface area contributed by atoms with Gasteiger partial charge in [0, 0.05) is 18.8 Å². The van der Waals surface area contributed by atoms with Gasteiger partial charge in [0.1, 0.15) is 0 Å². The van der Waals surface area contributed by atoms with Crippen LogP contribution < -0.4 is 11.1 Å². The van der Waals surface area contributed by atoms with Crippen LogP contribution in [-0.2, 0) is 19.1 Å². The standard InChI is InChI=1S/C11H20N2O4/c1-3-17-10(15)8(12)9(14)13-11(2)4-6-16-7-5-11/h8H,3-7,12H2,1-2H3,(H,13,14). The van der Waals surface area contributed by atoms with E-state index in [0.29, 0.717) is 26.1 Å². The highest BCUT2D eigenvalue weighted by molar-refractivity contribution is 6.01. The second kappa shape index (κ2) is 5.97. The molecule has 6 nitrogen and oxygen atoms in total. The second-order valence-electron chi connectivity index (χ2n) is 4.39. The molecule has 1 atom stereocenters. The van der Waals surface area contributed by atoms with Crippen molar-refractivity contribution in [3.8, 4) is 0 Å². The predicted molar refractivity (Wildman–Crippen MR) is 61.2 cm³/mol. The van der Waals surface area contributed by atoms with Crippen LogP contribution in [0.3, 0.4) is 0 Å². The van der Waals surface area contributed by atoms with Crippen molar-refractivity contribution in [2.75, 3.05) is 19.8 Å².